The molecular weight excluding hydrogens is 654 g/mol. The average molecular weight is 702 g/mol. The highest BCUT2D eigenvalue weighted by molar-refractivity contribution is 5.95. The Labute approximate surface area is 292 Å². The van der Waals surface area contributed by atoms with Crippen LogP contribution in [0.4, 0.5) is 0 Å². The Bertz CT molecular complexity index is 1490. The van der Waals surface area contributed by atoms with E-state index in [9.17, 15) is 24.0 Å². The SMILES string of the molecule is CCCCOCCOC[C@@]1(OC(C)=O)[C@@H](Oc2ccc(-c3cccc(C(=O)NC)c3)cc2C)O[C@H](COC(C)=O)[C@@H](OC(C)=O)[C@@H]1OC(C)=O. The molecule has 2 aromatic rings. The molecule has 0 saturated carbocycles. The minimum Gasteiger partial charge on any atom is -0.463 e. The predicted octanol–water partition coefficient (Wildman–Crippen LogP) is 3.69. The number of amides is 1. The van der Waals surface area contributed by atoms with E-state index in [-0.39, 0.29) is 19.1 Å². The van der Waals surface area contributed by atoms with Crippen molar-refractivity contribution in [3.8, 4) is 16.9 Å². The Balaban J connectivity index is 2.10. The number of ether oxygens (including phenoxy) is 8. The fraction of sp³-hybridized carbons (Fsp3) is 0.528. The zero-order valence-corrected chi connectivity index (χ0v) is 29.6. The van der Waals surface area contributed by atoms with Crippen molar-refractivity contribution < 1.29 is 61.9 Å². The van der Waals surface area contributed by atoms with Crippen LogP contribution in [0.1, 0.15) is 63.4 Å². The van der Waals surface area contributed by atoms with Crippen LogP contribution in [0, 0.1) is 6.92 Å². The van der Waals surface area contributed by atoms with Crippen LogP contribution in [-0.4, -0.2) is 100 Å². The number of aryl methyl sites for hydroxylation is 1. The second-order valence-corrected chi connectivity index (χ2v) is 11.7. The van der Waals surface area contributed by atoms with Crippen molar-refractivity contribution in [2.45, 2.75) is 84.6 Å². The molecule has 0 unspecified atom stereocenters. The van der Waals surface area contributed by atoms with Crippen molar-refractivity contribution in [3.63, 3.8) is 0 Å². The molecule has 0 aromatic heterocycles. The largest absolute Gasteiger partial charge is 0.463 e. The lowest BCUT2D eigenvalue weighted by molar-refractivity contribution is -0.335. The molecular formula is C36H47NO13. The van der Waals surface area contributed by atoms with E-state index in [1.165, 1.54) is 6.92 Å². The average Bonchev–Trinajstić information content (AvgIpc) is 3.06. The first kappa shape index (κ1) is 39.9. The molecule has 1 heterocycles. The van der Waals surface area contributed by atoms with Crippen LogP contribution in [0.3, 0.4) is 0 Å². The van der Waals surface area contributed by atoms with Gasteiger partial charge in [0.15, 0.2) is 12.2 Å². The zero-order chi connectivity index (χ0) is 36.8. The van der Waals surface area contributed by atoms with Crippen LogP contribution < -0.4 is 10.1 Å². The van der Waals surface area contributed by atoms with E-state index in [2.05, 4.69) is 5.32 Å². The van der Waals surface area contributed by atoms with E-state index in [1.54, 1.807) is 44.3 Å². The van der Waals surface area contributed by atoms with Crippen LogP contribution in [0.5, 0.6) is 5.75 Å². The molecule has 0 spiro atoms. The topological polar surface area (TPSA) is 171 Å². The number of carbonyl (C=O) groups is 5. The summed E-state index contributed by atoms with van der Waals surface area (Å²) >= 11 is 0. The van der Waals surface area contributed by atoms with Gasteiger partial charge in [-0.3, -0.25) is 24.0 Å². The number of hydrogen-bond donors (Lipinski definition) is 1. The predicted molar refractivity (Wildman–Crippen MR) is 178 cm³/mol. The Kier molecular flexibility index (Phi) is 15.2. The monoisotopic (exact) mass is 701 g/mol. The molecule has 0 aliphatic carbocycles. The first-order valence-electron chi connectivity index (χ1n) is 16.4. The molecule has 1 aliphatic rings. The molecule has 1 aliphatic heterocycles. The summed E-state index contributed by atoms with van der Waals surface area (Å²) < 4.78 is 46.8. The van der Waals surface area contributed by atoms with Crippen molar-refractivity contribution in [1.29, 1.82) is 0 Å². The minimum atomic E-state index is -2.04. The van der Waals surface area contributed by atoms with E-state index in [1.807, 2.05) is 19.1 Å². The van der Waals surface area contributed by atoms with Crippen molar-refractivity contribution in [1.82, 2.24) is 5.32 Å². The van der Waals surface area contributed by atoms with Crippen LogP contribution in [-0.2, 0) is 52.3 Å². The van der Waals surface area contributed by atoms with Crippen LogP contribution in [0.25, 0.3) is 11.1 Å². The van der Waals surface area contributed by atoms with Gasteiger partial charge in [0.2, 0.25) is 11.9 Å². The third kappa shape index (κ3) is 11.0. The Morgan fingerprint density at radius 1 is 0.840 bits per heavy atom. The summed E-state index contributed by atoms with van der Waals surface area (Å²) in [6.07, 6.45) is -3.93. The molecule has 1 fully saturated rings. The summed E-state index contributed by atoms with van der Waals surface area (Å²) in [5.74, 6) is -2.95. The maximum Gasteiger partial charge on any atom is 0.303 e. The summed E-state index contributed by atoms with van der Waals surface area (Å²) in [6, 6.07) is 12.4. The van der Waals surface area contributed by atoms with Crippen molar-refractivity contribution >= 4 is 29.8 Å². The molecule has 1 amide bonds. The normalized spacial score (nSPS) is 21.4. The van der Waals surface area contributed by atoms with Gasteiger partial charge in [-0.1, -0.05) is 31.5 Å². The van der Waals surface area contributed by atoms with Gasteiger partial charge in [-0.15, -0.1) is 0 Å². The summed E-state index contributed by atoms with van der Waals surface area (Å²) in [5.41, 5.74) is 0.627. The fourth-order valence-corrected chi connectivity index (χ4v) is 5.41. The van der Waals surface area contributed by atoms with E-state index < -0.39 is 67.3 Å². The number of nitrogens with one attached hydrogen (secondary N) is 1. The Morgan fingerprint density at radius 2 is 1.54 bits per heavy atom. The lowest BCUT2D eigenvalue weighted by Gasteiger charge is -2.50. The highest BCUT2D eigenvalue weighted by Gasteiger charge is 2.64. The molecule has 0 radical (unpaired) electrons. The summed E-state index contributed by atoms with van der Waals surface area (Å²) in [7, 11) is 1.55. The summed E-state index contributed by atoms with van der Waals surface area (Å²) in [6.45, 7) is 8.38. The molecule has 3 rings (SSSR count). The number of unbranched alkanes of at least 4 members (excludes halogenated alkanes) is 1. The van der Waals surface area contributed by atoms with Gasteiger partial charge in [-0.05, 0) is 54.3 Å². The number of carbonyl (C=O) groups excluding carboxylic acids is 5. The van der Waals surface area contributed by atoms with E-state index in [0.29, 0.717) is 23.5 Å². The van der Waals surface area contributed by atoms with Crippen LogP contribution in [0.15, 0.2) is 42.5 Å². The number of hydrogen-bond acceptors (Lipinski definition) is 13. The minimum absolute atomic E-state index is 0.0597. The third-order valence-electron chi connectivity index (χ3n) is 7.66. The van der Waals surface area contributed by atoms with E-state index in [4.69, 9.17) is 37.9 Å². The van der Waals surface area contributed by atoms with Crippen molar-refractivity contribution in [2.75, 3.05) is 40.1 Å². The molecule has 1 N–H and O–H groups in total. The van der Waals surface area contributed by atoms with E-state index >= 15 is 0 Å². The lowest BCUT2D eigenvalue weighted by atomic mass is 9.85. The quantitative estimate of drug-likeness (QED) is 0.144. The maximum absolute atomic E-state index is 12.8. The molecule has 1 saturated heterocycles. The van der Waals surface area contributed by atoms with Crippen molar-refractivity contribution in [2.24, 2.45) is 0 Å². The highest BCUT2D eigenvalue weighted by atomic mass is 16.7. The van der Waals surface area contributed by atoms with Gasteiger partial charge in [0.1, 0.15) is 18.5 Å². The third-order valence-corrected chi connectivity index (χ3v) is 7.66. The van der Waals surface area contributed by atoms with Gasteiger partial charge in [-0.2, -0.15) is 0 Å². The van der Waals surface area contributed by atoms with Gasteiger partial charge in [0.05, 0.1) is 19.8 Å². The number of rotatable bonds is 17. The number of esters is 4. The van der Waals surface area contributed by atoms with Gasteiger partial charge in [0.25, 0.3) is 5.91 Å². The van der Waals surface area contributed by atoms with Gasteiger partial charge < -0.3 is 43.2 Å². The standard InChI is InChI=1S/C36H47NO13/c1-8-9-15-43-16-17-44-21-36(50-26(6)41)33(47-25(5)40)32(46-24(4)39)31(20-45-23(3)38)49-35(36)48-30-14-13-28(18-22(30)2)27-11-10-12-29(19-27)34(42)37-7/h10-14,18-19,31-33,35H,8-9,15-17,20-21H2,1-7H3,(H,37,42)/t31-,32-,33+,35+,36+/m1/s1. The smallest absolute Gasteiger partial charge is 0.303 e. The van der Waals surface area contributed by atoms with Gasteiger partial charge >= 0.3 is 23.9 Å². The van der Waals surface area contributed by atoms with E-state index in [0.717, 1.165) is 44.7 Å². The van der Waals surface area contributed by atoms with Crippen LogP contribution >= 0.6 is 0 Å². The Hall–Kier alpha value is -4.53. The first-order valence-corrected chi connectivity index (χ1v) is 16.4. The summed E-state index contributed by atoms with van der Waals surface area (Å²) in [4.78, 5) is 61.8. The second-order valence-electron chi connectivity index (χ2n) is 11.7. The maximum atomic E-state index is 12.8. The molecule has 14 nitrogen and oxygen atoms in total. The zero-order valence-electron chi connectivity index (χ0n) is 29.6. The molecule has 274 valence electrons. The highest BCUT2D eigenvalue weighted by Crippen LogP contribution is 2.40. The summed E-state index contributed by atoms with van der Waals surface area (Å²) in [5, 5.41) is 2.61. The molecule has 14 heteroatoms. The van der Waals surface area contributed by atoms with Crippen LogP contribution in [0.2, 0.25) is 0 Å². The first-order chi connectivity index (χ1) is 23.8. The molecule has 50 heavy (non-hydrogen) atoms. The molecule has 2 aromatic carbocycles. The van der Waals surface area contributed by atoms with Crippen molar-refractivity contribution in [3.05, 3.63) is 53.6 Å². The molecule has 5 atom stereocenters. The van der Waals surface area contributed by atoms with Gasteiger partial charge in [0, 0.05) is 46.9 Å². The number of benzene rings is 2. The second kappa shape index (κ2) is 19.0. The Morgan fingerprint density at radius 3 is 2.16 bits per heavy atom. The fourth-order valence-electron chi connectivity index (χ4n) is 5.41. The van der Waals surface area contributed by atoms with Gasteiger partial charge in [-0.25, -0.2) is 0 Å². The lowest BCUT2D eigenvalue weighted by Crippen LogP contribution is -2.72. The molecule has 0 bridgehead atoms.